The lowest BCUT2D eigenvalue weighted by Gasteiger charge is -2.32. The van der Waals surface area contributed by atoms with Gasteiger partial charge in [0.15, 0.2) is 5.78 Å². The van der Waals surface area contributed by atoms with Crippen LogP contribution in [0.5, 0.6) is 0 Å². The summed E-state index contributed by atoms with van der Waals surface area (Å²) in [5.41, 5.74) is -2.35. The summed E-state index contributed by atoms with van der Waals surface area (Å²) in [4.78, 5) is 22.6. The van der Waals surface area contributed by atoms with Gasteiger partial charge in [0, 0.05) is 6.42 Å². The maximum Gasteiger partial charge on any atom is 0.401 e. The van der Waals surface area contributed by atoms with E-state index in [2.05, 4.69) is 0 Å². The molecule has 0 heterocycles. The third kappa shape index (κ3) is 2.83. The van der Waals surface area contributed by atoms with E-state index in [1.807, 2.05) is 0 Å². The van der Waals surface area contributed by atoms with Gasteiger partial charge in [-0.3, -0.25) is 9.59 Å². The first kappa shape index (κ1) is 15.1. The lowest BCUT2D eigenvalue weighted by molar-refractivity contribution is -0.222. The van der Waals surface area contributed by atoms with Crippen molar-refractivity contribution in [1.82, 2.24) is 0 Å². The van der Waals surface area contributed by atoms with Gasteiger partial charge in [0.25, 0.3) is 0 Å². The molecule has 0 amide bonds. The number of carbonyl (C=O) groups excluding carboxylic acids is 2. The number of ketones is 2. The topological polar surface area (TPSA) is 34.1 Å². The van der Waals surface area contributed by atoms with Gasteiger partial charge in [0.2, 0.25) is 0 Å². The Labute approximate surface area is 93.2 Å². The molecule has 94 valence electrons. The Morgan fingerprint density at radius 1 is 1.00 bits per heavy atom. The number of Topliss-reactive ketones (excluding diaryl/α,β-unsaturated/α-hetero) is 2. The van der Waals surface area contributed by atoms with Gasteiger partial charge in [-0.1, -0.05) is 20.8 Å². The predicted molar refractivity (Wildman–Crippen MR) is 54.0 cm³/mol. The summed E-state index contributed by atoms with van der Waals surface area (Å²) in [5, 5.41) is 0. The van der Waals surface area contributed by atoms with Crippen molar-refractivity contribution in [3.63, 3.8) is 0 Å². The largest absolute Gasteiger partial charge is 0.401 e. The summed E-state index contributed by atoms with van der Waals surface area (Å²) in [6.45, 7) is 4.18. The zero-order valence-electron chi connectivity index (χ0n) is 9.78. The summed E-state index contributed by atoms with van der Waals surface area (Å²) in [6.07, 6.45) is -5.74. The smallest absolute Gasteiger partial charge is 0.299 e. The zero-order chi connectivity index (χ0) is 13.0. The molecule has 5 heteroatoms. The van der Waals surface area contributed by atoms with Crippen molar-refractivity contribution in [2.75, 3.05) is 0 Å². The number of hydrogen-bond donors (Lipinski definition) is 0. The van der Waals surface area contributed by atoms with E-state index in [9.17, 15) is 22.8 Å². The number of hydrogen-bond acceptors (Lipinski definition) is 2. The number of rotatable bonds is 6. The van der Waals surface area contributed by atoms with Crippen LogP contribution in [0.4, 0.5) is 13.2 Å². The lowest BCUT2D eigenvalue weighted by atomic mass is 9.76. The lowest BCUT2D eigenvalue weighted by Crippen LogP contribution is -2.44. The van der Waals surface area contributed by atoms with Crippen LogP contribution in [-0.4, -0.2) is 17.7 Å². The van der Waals surface area contributed by atoms with E-state index in [0.29, 0.717) is 0 Å². The molecule has 0 aliphatic carbocycles. The van der Waals surface area contributed by atoms with Crippen LogP contribution in [-0.2, 0) is 9.59 Å². The van der Waals surface area contributed by atoms with Crippen molar-refractivity contribution in [2.24, 2.45) is 5.41 Å². The molecular weight excluding hydrogens is 221 g/mol. The second kappa shape index (κ2) is 5.46. The summed E-state index contributed by atoms with van der Waals surface area (Å²) in [5.74, 6) is -1.45. The average Bonchev–Trinajstić information content (AvgIpc) is 2.18. The standard InChI is InChI=1S/C11H17F3O2/c1-4-8(15)7-9(16)10(5-2,6-3)11(12,13)14/h4-7H2,1-3H3. The molecule has 0 aliphatic heterocycles. The summed E-state index contributed by atoms with van der Waals surface area (Å²) < 4.78 is 38.5. The van der Waals surface area contributed by atoms with Gasteiger partial charge in [-0.25, -0.2) is 0 Å². The van der Waals surface area contributed by atoms with E-state index in [1.165, 1.54) is 20.8 Å². The monoisotopic (exact) mass is 238 g/mol. The fourth-order valence-corrected chi connectivity index (χ4v) is 1.68. The normalized spacial score (nSPS) is 12.6. The molecule has 0 atom stereocenters. The third-order valence-corrected chi connectivity index (χ3v) is 3.04. The molecule has 16 heavy (non-hydrogen) atoms. The van der Waals surface area contributed by atoms with Crippen LogP contribution in [0.3, 0.4) is 0 Å². The minimum absolute atomic E-state index is 0.0904. The van der Waals surface area contributed by atoms with Gasteiger partial charge < -0.3 is 0 Å². The molecule has 0 aromatic heterocycles. The molecular formula is C11H17F3O2. The highest BCUT2D eigenvalue weighted by atomic mass is 19.4. The number of carbonyl (C=O) groups is 2. The van der Waals surface area contributed by atoms with Crippen LogP contribution in [0.1, 0.15) is 46.5 Å². The van der Waals surface area contributed by atoms with Crippen LogP contribution in [0.25, 0.3) is 0 Å². The molecule has 0 saturated heterocycles. The quantitative estimate of drug-likeness (QED) is 0.665. The highest BCUT2D eigenvalue weighted by Crippen LogP contribution is 2.45. The summed E-state index contributed by atoms with van der Waals surface area (Å²) in [7, 11) is 0. The minimum atomic E-state index is -4.58. The molecule has 0 fully saturated rings. The Morgan fingerprint density at radius 2 is 1.44 bits per heavy atom. The van der Waals surface area contributed by atoms with Crippen LogP contribution < -0.4 is 0 Å². The first-order valence-corrected chi connectivity index (χ1v) is 5.36. The van der Waals surface area contributed by atoms with Crippen molar-refractivity contribution < 1.29 is 22.8 Å². The Morgan fingerprint density at radius 3 is 1.69 bits per heavy atom. The molecule has 0 spiro atoms. The van der Waals surface area contributed by atoms with Crippen LogP contribution in [0.15, 0.2) is 0 Å². The fourth-order valence-electron chi connectivity index (χ4n) is 1.68. The third-order valence-electron chi connectivity index (χ3n) is 3.04. The molecule has 0 saturated carbocycles. The van der Waals surface area contributed by atoms with E-state index in [1.54, 1.807) is 0 Å². The molecule has 0 rings (SSSR count). The average molecular weight is 238 g/mol. The van der Waals surface area contributed by atoms with Crippen LogP contribution in [0.2, 0.25) is 0 Å². The fraction of sp³-hybridized carbons (Fsp3) is 0.818. The maximum atomic E-state index is 12.8. The van der Waals surface area contributed by atoms with Gasteiger partial charge >= 0.3 is 6.18 Å². The molecule has 0 radical (unpaired) electrons. The first-order valence-electron chi connectivity index (χ1n) is 5.36. The number of halogens is 3. The van der Waals surface area contributed by atoms with Crippen molar-refractivity contribution in [1.29, 1.82) is 0 Å². The van der Waals surface area contributed by atoms with Crippen molar-refractivity contribution in [3.05, 3.63) is 0 Å². The van der Waals surface area contributed by atoms with Crippen molar-refractivity contribution >= 4 is 11.6 Å². The van der Waals surface area contributed by atoms with E-state index in [4.69, 9.17) is 0 Å². The molecule has 0 aromatic carbocycles. The van der Waals surface area contributed by atoms with Crippen LogP contribution >= 0.6 is 0 Å². The maximum absolute atomic E-state index is 12.8. The molecule has 0 N–H and O–H groups in total. The SMILES string of the molecule is CCC(=O)CC(=O)C(CC)(CC)C(F)(F)F. The zero-order valence-corrected chi connectivity index (χ0v) is 9.78. The Kier molecular flexibility index (Phi) is 5.16. The van der Waals surface area contributed by atoms with E-state index < -0.39 is 29.6 Å². The van der Waals surface area contributed by atoms with Gasteiger partial charge in [0.05, 0.1) is 6.42 Å². The second-order valence-electron chi connectivity index (χ2n) is 3.78. The summed E-state index contributed by atoms with van der Waals surface area (Å²) >= 11 is 0. The van der Waals surface area contributed by atoms with Crippen molar-refractivity contribution in [2.45, 2.75) is 52.6 Å². The van der Waals surface area contributed by atoms with Gasteiger partial charge in [0.1, 0.15) is 11.2 Å². The minimum Gasteiger partial charge on any atom is -0.299 e. The van der Waals surface area contributed by atoms with Crippen molar-refractivity contribution in [3.8, 4) is 0 Å². The van der Waals surface area contributed by atoms with Crippen LogP contribution in [0, 0.1) is 5.41 Å². The Bertz CT molecular complexity index is 265. The highest BCUT2D eigenvalue weighted by Gasteiger charge is 2.56. The number of alkyl halides is 3. The van der Waals surface area contributed by atoms with E-state index in [-0.39, 0.29) is 19.3 Å². The molecule has 0 aromatic rings. The summed E-state index contributed by atoms with van der Waals surface area (Å²) in [6, 6.07) is 0. The Hall–Kier alpha value is -0.870. The van der Waals surface area contributed by atoms with E-state index in [0.717, 1.165) is 0 Å². The predicted octanol–water partition coefficient (Wildman–Crippen LogP) is 3.29. The highest BCUT2D eigenvalue weighted by molar-refractivity contribution is 6.02. The first-order chi connectivity index (χ1) is 7.25. The molecule has 0 aliphatic rings. The van der Waals surface area contributed by atoms with E-state index >= 15 is 0 Å². The Balaban J connectivity index is 5.06. The van der Waals surface area contributed by atoms with Gasteiger partial charge in [-0.15, -0.1) is 0 Å². The molecule has 0 unspecified atom stereocenters. The molecule has 0 bridgehead atoms. The molecule has 2 nitrogen and oxygen atoms in total. The second-order valence-corrected chi connectivity index (χ2v) is 3.78. The van der Waals surface area contributed by atoms with Gasteiger partial charge in [-0.05, 0) is 12.8 Å². The van der Waals surface area contributed by atoms with Gasteiger partial charge in [-0.2, -0.15) is 13.2 Å².